The minimum Gasteiger partial charge on any atom is -0.490 e. The third-order valence-corrected chi connectivity index (χ3v) is 3.72. The summed E-state index contributed by atoms with van der Waals surface area (Å²) in [7, 11) is 0. The molecule has 0 spiro atoms. The van der Waals surface area contributed by atoms with Gasteiger partial charge in [0.05, 0.1) is 11.7 Å². The Morgan fingerprint density at radius 2 is 1.95 bits per heavy atom. The molecule has 1 N–H and O–H groups in total. The SMILES string of the molecule is O=C(O)c1cc(OC2CCCC2)c2cc(F)ccc2c1. The summed E-state index contributed by atoms with van der Waals surface area (Å²) in [6.45, 7) is 0. The van der Waals surface area contributed by atoms with Gasteiger partial charge in [-0.15, -0.1) is 0 Å². The van der Waals surface area contributed by atoms with Crippen LogP contribution in [0.5, 0.6) is 5.75 Å². The van der Waals surface area contributed by atoms with Gasteiger partial charge in [0.1, 0.15) is 11.6 Å². The molecule has 2 aromatic carbocycles. The molecule has 104 valence electrons. The van der Waals surface area contributed by atoms with Crippen LogP contribution in [0, 0.1) is 5.82 Å². The van der Waals surface area contributed by atoms with E-state index in [2.05, 4.69) is 0 Å². The highest BCUT2D eigenvalue weighted by molar-refractivity contribution is 5.97. The molecule has 3 rings (SSSR count). The van der Waals surface area contributed by atoms with E-state index in [1.165, 1.54) is 18.2 Å². The van der Waals surface area contributed by atoms with E-state index >= 15 is 0 Å². The molecule has 1 aliphatic carbocycles. The van der Waals surface area contributed by atoms with Gasteiger partial charge in [-0.05, 0) is 55.3 Å². The molecule has 1 fully saturated rings. The molecule has 1 aliphatic rings. The molecule has 0 bridgehead atoms. The maximum Gasteiger partial charge on any atom is 0.335 e. The summed E-state index contributed by atoms with van der Waals surface area (Å²) in [5.74, 6) is -0.893. The number of carbonyl (C=O) groups is 1. The van der Waals surface area contributed by atoms with E-state index in [4.69, 9.17) is 9.84 Å². The summed E-state index contributed by atoms with van der Waals surface area (Å²) >= 11 is 0. The Hall–Kier alpha value is -2.10. The van der Waals surface area contributed by atoms with Gasteiger partial charge < -0.3 is 9.84 Å². The summed E-state index contributed by atoms with van der Waals surface area (Å²) in [5, 5.41) is 10.5. The molecule has 3 nitrogen and oxygen atoms in total. The quantitative estimate of drug-likeness (QED) is 0.920. The number of rotatable bonds is 3. The van der Waals surface area contributed by atoms with Crippen molar-refractivity contribution < 1.29 is 19.0 Å². The molecule has 0 amide bonds. The van der Waals surface area contributed by atoms with E-state index in [1.807, 2.05) is 0 Å². The number of benzene rings is 2. The molecule has 0 saturated heterocycles. The van der Waals surface area contributed by atoms with Crippen LogP contribution in [0.25, 0.3) is 10.8 Å². The van der Waals surface area contributed by atoms with Crippen LogP contribution in [-0.4, -0.2) is 17.2 Å². The highest BCUT2D eigenvalue weighted by atomic mass is 19.1. The second-order valence-corrected chi connectivity index (χ2v) is 5.17. The van der Waals surface area contributed by atoms with Crippen molar-refractivity contribution in [3.8, 4) is 5.75 Å². The minimum absolute atomic E-state index is 0.102. The molecule has 0 radical (unpaired) electrons. The fourth-order valence-corrected chi connectivity index (χ4v) is 2.70. The highest BCUT2D eigenvalue weighted by Gasteiger charge is 2.19. The normalized spacial score (nSPS) is 15.7. The number of aromatic carboxylic acids is 1. The van der Waals surface area contributed by atoms with Gasteiger partial charge in [-0.1, -0.05) is 6.07 Å². The Morgan fingerprint density at radius 1 is 1.20 bits per heavy atom. The maximum atomic E-state index is 13.4. The van der Waals surface area contributed by atoms with Gasteiger partial charge in [0.15, 0.2) is 0 Å². The van der Waals surface area contributed by atoms with Crippen LogP contribution in [0.15, 0.2) is 30.3 Å². The largest absolute Gasteiger partial charge is 0.490 e. The van der Waals surface area contributed by atoms with Crippen LogP contribution in [0.3, 0.4) is 0 Å². The van der Waals surface area contributed by atoms with E-state index in [9.17, 15) is 9.18 Å². The van der Waals surface area contributed by atoms with Crippen molar-refractivity contribution in [2.75, 3.05) is 0 Å². The van der Waals surface area contributed by atoms with Crippen molar-refractivity contribution in [3.63, 3.8) is 0 Å². The molecular weight excluding hydrogens is 259 g/mol. The van der Waals surface area contributed by atoms with Crippen LogP contribution in [-0.2, 0) is 0 Å². The minimum atomic E-state index is -1.01. The number of hydrogen-bond acceptors (Lipinski definition) is 2. The van der Waals surface area contributed by atoms with E-state index in [0.717, 1.165) is 25.7 Å². The van der Waals surface area contributed by atoms with Crippen molar-refractivity contribution in [2.24, 2.45) is 0 Å². The first kappa shape index (κ1) is 12.9. The second-order valence-electron chi connectivity index (χ2n) is 5.17. The van der Waals surface area contributed by atoms with Gasteiger partial charge in [0.25, 0.3) is 0 Å². The lowest BCUT2D eigenvalue weighted by Gasteiger charge is -2.16. The predicted octanol–water partition coefficient (Wildman–Crippen LogP) is 4.00. The maximum absolute atomic E-state index is 13.4. The zero-order valence-electron chi connectivity index (χ0n) is 10.9. The van der Waals surface area contributed by atoms with Gasteiger partial charge in [-0.3, -0.25) is 0 Å². The molecule has 20 heavy (non-hydrogen) atoms. The topological polar surface area (TPSA) is 46.5 Å². The molecule has 4 heteroatoms. The molecule has 0 heterocycles. The average Bonchev–Trinajstić information content (AvgIpc) is 2.92. The Labute approximate surface area is 116 Å². The van der Waals surface area contributed by atoms with Crippen molar-refractivity contribution >= 4 is 16.7 Å². The standard InChI is InChI=1S/C16H15FO3/c17-12-6-5-10-7-11(16(18)19)8-15(14(10)9-12)20-13-3-1-2-4-13/h5-9,13H,1-4H2,(H,18,19). The van der Waals surface area contributed by atoms with Gasteiger partial charge in [-0.25, -0.2) is 9.18 Å². The lowest BCUT2D eigenvalue weighted by atomic mass is 10.1. The van der Waals surface area contributed by atoms with Gasteiger partial charge in [0.2, 0.25) is 0 Å². The summed E-state index contributed by atoms with van der Waals surface area (Å²) in [6.07, 6.45) is 4.28. The van der Waals surface area contributed by atoms with E-state index < -0.39 is 5.97 Å². The number of carboxylic acids is 1. The second kappa shape index (κ2) is 5.12. The average molecular weight is 274 g/mol. The van der Waals surface area contributed by atoms with Crippen LogP contribution in [0.1, 0.15) is 36.0 Å². The summed E-state index contributed by atoms with van der Waals surface area (Å²) < 4.78 is 19.3. The lowest BCUT2D eigenvalue weighted by Crippen LogP contribution is -2.11. The third-order valence-electron chi connectivity index (χ3n) is 3.72. The van der Waals surface area contributed by atoms with Gasteiger partial charge in [0, 0.05) is 5.39 Å². The zero-order valence-corrected chi connectivity index (χ0v) is 10.9. The fraction of sp³-hybridized carbons (Fsp3) is 0.312. The first-order valence-electron chi connectivity index (χ1n) is 6.77. The molecule has 0 atom stereocenters. The first-order chi connectivity index (χ1) is 9.63. The summed E-state index contributed by atoms with van der Waals surface area (Å²) in [6, 6.07) is 7.33. The first-order valence-corrected chi connectivity index (χ1v) is 6.77. The van der Waals surface area contributed by atoms with Crippen LogP contribution >= 0.6 is 0 Å². The Kier molecular flexibility index (Phi) is 3.30. The number of ether oxygens (including phenoxy) is 1. The molecule has 1 saturated carbocycles. The van der Waals surface area contributed by atoms with E-state index in [-0.39, 0.29) is 17.5 Å². The number of carboxylic acid groups (broad SMARTS) is 1. The number of hydrogen-bond donors (Lipinski definition) is 1. The van der Waals surface area contributed by atoms with Gasteiger partial charge >= 0.3 is 5.97 Å². The van der Waals surface area contributed by atoms with Crippen molar-refractivity contribution in [3.05, 3.63) is 41.7 Å². The molecule has 0 unspecified atom stereocenters. The fourth-order valence-electron chi connectivity index (χ4n) is 2.70. The van der Waals surface area contributed by atoms with Crippen molar-refractivity contribution in [1.29, 1.82) is 0 Å². The Bertz CT molecular complexity index is 660. The van der Waals surface area contributed by atoms with Crippen molar-refractivity contribution in [1.82, 2.24) is 0 Å². The number of fused-ring (bicyclic) bond motifs is 1. The van der Waals surface area contributed by atoms with Crippen molar-refractivity contribution in [2.45, 2.75) is 31.8 Å². The number of halogens is 1. The van der Waals surface area contributed by atoms with E-state index in [1.54, 1.807) is 12.1 Å². The lowest BCUT2D eigenvalue weighted by molar-refractivity contribution is 0.0696. The molecule has 0 aromatic heterocycles. The Morgan fingerprint density at radius 3 is 2.65 bits per heavy atom. The third kappa shape index (κ3) is 2.46. The van der Waals surface area contributed by atoms with Crippen LogP contribution in [0.4, 0.5) is 4.39 Å². The summed E-state index contributed by atoms with van der Waals surface area (Å²) in [5.41, 5.74) is 0.164. The molecular formula is C16H15FO3. The monoisotopic (exact) mass is 274 g/mol. The molecule has 0 aliphatic heterocycles. The zero-order chi connectivity index (χ0) is 14.1. The van der Waals surface area contributed by atoms with Crippen LogP contribution in [0.2, 0.25) is 0 Å². The Balaban J connectivity index is 2.09. The van der Waals surface area contributed by atoms with Crippen LogP contribution < -0.4 is 4.74 Å². The smallest absolute Gasteiger partial charge is 0.335 e. The van der Waals surface area contributed by atoms with E-state index in [0.29, 0.717) is 16.5 Å². The molecule has 2 aromatic rings. The highest BCUT2D eigenvalue weighted by Crippen LogP contribution is 2.32. The van der Waals surface area contributed by atoms with Gasteiger partial charge in [-0.2, -0.15) is 0 Å². The predicted molar refractivity (Wildman–Crippen MR) is 73.7 cm³/mol. The summed E-state index contributed by atoms with van der Waals surface area (Å²) in [4.78, 5) is 11.2.